The van der Waals surface area contributed by atoms with Crippen LogP contribution < -0.4 is 10.0 Å². The van der Waals surface area contributed by atoms with Crippen LogP contribution in [0.5, 0.6) is 0 Å². The Kier molecular flexibility index (Phi) is 7.81. The quantitative estimate of drug-likeness (QED) is 0.654. The molecule has 0 spiro atoms. The first kappa shape index (κ1) is 22.9. The molecule has 6 nitrogen and oxygen atoms in total. The molecule has 1 atom stereocenters. The number of nitrogens with zero attached hydrogens (tertiary/aromatic N) is 1. The molecule has 1 amide bonds. The largest absolute Gasteiger partial charge is 0.350 e. The maximum Gasteiger partial charge on any atom is 0.261 e. The first-order valence-electron chi connectivity index (χ1n) is 9.90. The molecular weight excluding hydrogens is 386 g/mol. The number of aryl methyl sites for hydroxylation is 2. The van der Waals surface area contributed by atoms with E-state index in [-0.39, 0.29) is 16.8 Å². The van der Waals surface area contributed by atoms with Gasteiger partial charge in [0.2, 0.25) is 0 Å². The highest BCUT2D eigenvalue weighted by atomic mass is 32.2. The Balaban J connectivity index is 2.17. The summed E-state index contributed by atoms with van der Waals surface area (Å²) in [6, 6.07) is 11.9. The fourth-order valence-electron chi connectivity index (χ4n) is 3.16. The lowest BCUT2D eigenvalue weighted by Gasteiger charge is -2.26. The molecule has 0 saturated carbocycles. The Hall–Kier alpha value is -2.38. The second-order valence-corrected chi connectivity index (χ2v) is 8.91. The van der Waals surface area contributed by atoms with Crippen molar-refractivity contribution >= 4 is 21.6 Å². The number of likely N-dealkylation sites (N-methyl/N-ethyl adjacent to an activating group) is 1. The van der Waals surface area contributed by atoms with E-state index in [1.54, 1.807) is 25.1 Å². The number of benzene rings is 2. The first-order valence-corrected chi connectivity index (χ1v) is 11.4. The third-order valence-electron chi connectivity index (χ3n) is 5.06. The number of hydrogen-bond donors (Lipinski definition) is 2. The SMILES string of the molecule is CCN(CC)C(C)CNC(=O)c1cc(S(=O)(=O)Nc2ccc(C)cc2)ccc1C. The molecular formula is C22H31N3O3S. The normalized spacial score (nSPS) is 12.6. The van der Waals surface area contributed by atoms with Gasteiger partial charge in [-0.25, -0.2) is 8.42 Å². The van der Waals surface area contributed by atoms with Crippen LogP contribution in [0.15, 0.2) is 47.4 Å². The fraction of sp³-hybridized carbons (Fsp3) is 0.409. The van der Waals surface area contributed by atoms with Crippen molar-refractivity contribution in [1.29, 1.82) is 0 Å². The minimum absolute atomic E-state index is 0.0608. The van der Waals surface area contributed by atoms with Crippen molar-refractivity contribution in [2.75, 3.05) is 24.4 Å². The van der Waals surface area contributed by atoms with Gasteiger partial charge in [-0.1, -0.05) is 37.6 Å². The molecule has 2 aromatic rings. The minimum Gasteiger partial charge on any atom is -0.350 e. The van der Waals surface area contributed by atoms with Gasteiger partial charge in [-0.3, -0.25) is 14.4 Å². The van der Waals surface area contributed by atoms with Crippen LogP contribution >= 0.6 is 0 Å². The van der Waals surface area contributed by atoms with Crippen LogP contribution in [-0.4, -0.2) is 44.9 Å². The zero-order valence-electron chi connectivity index (χ0n) is 17.8. The average molecular weight is 418 g/mol. The van der Waals surface area contributed by atoms with Crippen molar-refractivity contribution in [2.45, 2.75) is 45.6 Å². The van der Waals surface area contributed by atoms with Gasteiger partial charge in [-0.2, -0.15) is 0 Å². The molecule has 2 rings (SSSR count). The van der Waals surface area contributed by atoms with Gasteiger partial charge in [-0.15, -0.1) is 0 Å². The number of nitrogens with one attached hydrogen (secondary N) is 2. The molecule has 158 valence electrons. The highest BCUT2D eigenvalue weighted by Crippen LogP contribution is 2.20. The van der Waals surface area contributed by atoms with Crippen LogP contribution in [0.4, 0.5) is 5.69 Å². The molecule has 0 aliphatic carbocycles. The van der Waals surface area contributed by atoms with E-state index in [4.69, 9.17) is 0 Å². The molecule has 0 aliphatic heterocycles. The summed E-state index contributed by atoms with van der Waals surface area (Å²) in [5.74, 6) is -0.270. The molecule has 29 heavy (non-hydrogen) atoms. The van der Waals surface area contributed by atoms with Gasteiger partial charge in [0.25, 0.3) is 15.9 Å². The molecule has 1 unspecified atom stereocenters. The Morgan fingerprint density at radius 2 is 1.66 bits per heavy atom. The first-order chi connectivity index (χ1) is 13.7. The van der Waals surface area contributed by atoms with E-state index < -0.39 is 10.0 Å². The van der Waals surface area contributed by atoms with E-state index in [9.17, 15) is 13.2 Å². The summed E-state index contributed by atoms with van der Waals surface area (Å²) >= 11 is 0. The zero-order chi connectivity index (χ0) is 21.6. The van der Waals surface area contributed by atoms with Crippen LogP contribution in [0.25, 0.3) is 0 Å². The molecule has 0 radical (unpaired) electrons. The van der Waals surface area contributed by atoms with Gasteiger partial charge >= 0.3 is 0 Å². The molecule has 0 aliphatic rings. The number of hydrogen-bond acceptors (Lipinski definition) is 4. The smallest absolute Gasteiger partial charge is 0.261 e. The van der Waals surface area contributed by atoms with Crippen LogP contribution in [0.2, 0.25) is 0 Å². The second-order valence-electron chi connectivity index (χ2n) is 7.23. The summed E-state index contributed by atoms with van der Waals surface area (Å²) in [4.78, 5) is 15.0. The van der Waals surface area contributed by atoms with Gasteiger partial charge in [-0.05, 0) is 63.7 Å². The van der Waals surface area contributed by atoms with Gasteiger partial charge in [0, 0.05) is 23.8 Å². The van der Waals surface area contributed by atoms with Crippen molar-refractivity contribution in [3.63, 3.8) is 0 Å². The lowest BCUT2D eigenvalue weighted by molar-refractivity contribution is 0.0937. The van der Waals surface area contributed by atoms with E-state index in [1.165, 1.54) is 12.1 Å². The predicted octanol–water partition coefficient (Wildman–Crippen LogP) is 3.56. The van der Waals surface area contributed by atoms with Crippen molar-refractivity contribution in [2.24, 2.45) is 0 Å². The third kappa shape index (κ3) is 6.05. The number of rotatable bonds is 9. The number of carbonyl (C=O) groups is 1. The Bertz CT molecular complexity index is 936. The molecule has 0 heterocycles. The zero-order valence-corrected chi connectivity index (χ0v) is 18.6. The average Bonchev–Trinajstić information content (AvgIpc) is 2.69. The van der Waals surface area contributed by atoms with Crippen molar-refractivity contribution < 1.29 is 13.2 Å². The lowest BCUT2D eigenvalue weighted by atomic mass is 10.1. The molecule has 2 N–H and O–H groups in total. The summed E-state index contributed by atoms with van der Waals surface area (Å²) in [5.41, 5.74) is 2.62. The highest BCUT2D eigenvalue weighted by Gasteiger charge is 2.19. The van der Waals surface area contributed by atoms with E-state index in [1.807, 2.05) is 19.1 Å². The van der Waals surface area contributed by atoms with Crippen molar-refractivity contribution in [1.82, 2.24) is 10.2 Å². The van der Waals surface area contributed by atoms with Gasteiger partial charge in [0.15, 0.2) is 0 Å². The van der Waals surface area contributed by atoms with E-state index in [2.05, 4.69) is 35.7 Å². The predicted molar refractivity (Wildman–Crippen MR) is 118 cm³/mol. The Morgan fingerprint density at radius 1 is 1.03 bits per heavy atom. The maximum absolute atomic E-state index is 12.8. The minimum atomic E-state index is -3.79. The third-order valence-corrected chi connectivity index (χ3v) is 6.44. The number of sulfonamides is 1. The van der Waals surface area contributed by atoms with E-state index in [0.29, 0.717) is 17.8 Å². The standard InChI is InChI=1S/C22H31N3O3S/c1-6-25(7-2)18(5)15-23-22(26)21-14-20(13-10-17(21)4)29(27,28)24-19-11-8-16(3)9-12-19/h8-14,18,24H,6-7,15H2,1-5H3,(H,23,26). The number of carbonyl (C=O) groups excluding carboxylic acids is 1. The van der Waals surface area contributed by atoms with Crippen LogP contribution in [-0.2, 0) is 10.0 Å². The van der Waals surface area contributed by atoms with Gasteiger partial charge in [0.1, 0.15) is 0 Å². The highest BCUT2D eigenvalue weighted by molar-refractivity contribution is 7.92. The van der Waals surface area contributed by atoms with Crippen LogP contribution in [0.3, 0.4) is 0 Å². The second kappa shape index (κ2) is 9.89. The Labute approximate surface area is 174 Å². The monoisotopic (exact) mass is 417 g/mol. The van der Waals surface area contributed by atoms with E-state index in [0.717, 1.165) is 24.2 Å². The Morgan fingerprint density at radius 3 is 2.24 bits per heavy atom. The summed E-state index contributed by atoms with van der Waals surface area (Å²) in [5, 5.41) is 2.93. The summed E-state index contributed by atoms with van der Waals surface area (Å²) in [6.45, 7) is 12.3. The summed E-state index contributed by atoms with van der Waals surface area (Å²) in [6.07, 6.45) is 0. The molecule has 0 aromatic heterocycles. The van der Waals surface area contributed by atoms with Crippen molar-refractivity contribution in [3.05, 3.63) is 59.2 Å². The lowest BCUT2D eigenvalue weighted by Crippen LogP contribution is -2.42. The number of anilines is 1. The topological polar surface area (TPSA) is 78.5 Å². The van der Waals surface area contributed by atoms with Gasteiger partial charge < -0.3 is 5.32 Å². The van der Waals surface area contributed by atoms with Crippen LogP contribution in [0.1, 0.15) is 42.3 Å². The molecule has 0 fully saturated rings. The maximum atomic E-state index is 12.8. The molecule has 0 saturated heterocycles. The summed E-state index contributed by atoms with van der Waals surface area (Å²) < 4.78 is 28.1. The summed E-state index contributed by atoms with van der Waals surface area (Å²) in [7, 11) is -3.79. The number of amides is 1. The van der Waals surface area contributed by atoms with Gasteiger partial charge in [0.05, 0.1) is 4.90 Å². The molecule has 7 heteroatoms. The molecule has 0 bridgehead atoms. The molecule has 2 aromatic carbocycles. The fourth-order valence-corrected chi connectivity index (χ4v) is 4.24. The van der Waals surface area contributed by atoms with Crippen LogP contribution in [0, 0.1) is 13.8 Å². The van der Waals surface area contributed by atoms with E-state index >= 15 is 0 Å². The van der Waals surface area contributed by atoms with Crippen molar-refractivity contribution in [3.8, 4) is 0 Å².